The first-order chi connectivity index (χ1) is 15.7. The van der Waals surface area contributed by atoms with Crippen LogP contribution in [0.4, 0.5) is 5.69 Å². The fourth-order valence-electron chi connectivity index (χ4n) is 4.36. The van der Waals surface area contributed by atoms with Gasteiger partial charge in [-0.1, -0.05) is 31.9 Å². The normalized spacial score (nSPS) is 20.2. The fraction of sp³-hybridized carbons (Fsp3) is 0.375. The van der Waals surface area contributed by atoms with Crippen molar-refractivity contribution in [3.8, 4) is 10.4 Å². The standard InChI is InChI=1S/C24H27N2O4PS2/c1-15-3-9-19(10-4-15)31(2,30)12-17-11-21(33-22(17)24(28)29)16-5-7-18(8-6-16)26-23(27)20-13-32-14-25-20/h5-8,11,13-15,19H,3-4,9-10,12H2,1-2H3,(H,26,27)(H,28,29). The van der Waals surface area contributed by atoms with Crippen molar-refractivity contribution in [3.63, 3.8) is 0 Å². The van der Waals surface area contributed by atoms with Crippen molar-refractivity contribution in [2.75, 3.05) is 12.0 Å². The maximum absolute atomic E-state index is 13.6. The minimum atomic E-state index is -2.52. The number of aromatic nitrogens is 1. The number of hydrogen-bond acceptors (Lipinski definition) is 6. The van der Waals surface area contributed by atoms with Gasteiger partial charge in [0.25, 0.3) is 5.91 Å². The van der Waals surface area contributed by atoms with Gasteiger partial charge in [0.15, 0.2) is 0 Å². The number of thiophene rings is 1. The summed E-state index contributed by atoms with van der Waals surface area (Å²) in [7, 11) is -2.52. The fourth-order valence-corrected chi connectivity index (χ4v) is 8.60. The maximum Gasteiger partial charge on any atom is 0.346 e. The van der Waals surface area contributed by atoms with Gasteiger partial charge in [-0.05, 0) is 54.8 Å². The van der Waals surface area contributed by atoms with E-state index in [1.165, 1.54) is 22.7 Å². The Morgan fingerprint density at radius 2 is 1.88 bits per heavy atom. The molecular weight excluding hydrogens is 475 g/mol. The molecular formula is C24H27N2O4PS2. The number of anilines is 1. The van der Waals surface area contributed by atoms with Crippen LogP contribution in [0.2, 0.25) is 0 Å². The summed E-state index contributed by atoms with van der Waals surface area (Å²) in [5, 5.41) is 14.3. The minimum Gasteiger partial charge on any atom is -0.477 e. The lowest BCUT2D eigenvalue weighted by atomic mass is 9.91. The summed E-state index contributed by atoms with van der Waals surface area (Å²) in [6, 6.07) is 9.15. The first-order valence-electron chi connectivity index (χ1n) is 10.9. The molecule has 1 aliphatic carbocycles. The van der Waals surface area contributed by atoms with Crippen molar-refractivity contribution in [2.45, 2.75) is 44.4 Å². The van der Waals surface area contributed by atoms with Gasteiger partial charge >= 0.3 is 5.97 Å². The quantitative estimate of drug-likeness (QED) is 0.343. The molecule has 33 heavy (non-hydrogen) atoms. The second-order valence-electron chi connectivity index (χ2n) is 8.92. The van der Waals surface area contributed by atoms with Gasteiger partial charge in [-0.3, -0.25) is 4.79 Å². The molecule has 2 N–H and O–H groups in total. The molecule has 1 aromatic carbocycles. The highest BCUT2D eigenvalue weighted by Crippen LogP contribution is 2.56. The highest BCUT2D eigenvalue weighted by atomic mass is 32.1. The van der Waals surface area contributed by atoms with E-state index in [-0.39, 0.29) is 16.4 Å². The zero-order chi connectivity index (χ0) is 23.6. The van der Waals surface area contributed by atoms with E-state index in [4.69, 9.17) is 0 Å². The molecule has 1 amide bonds. The molecule has 2 heterocycles. The molecule has 3 aromatic rings. The van der Waals surface area contributed by atoms with E-state index in [1.54, 1.807) is 23.0 Å². The van der Waals surface area contributed by atoms with Crippen LogP contribution in [0.5, 0.6) is 0 Å². The Balaban J connectivity index is 1.52. The van der Waals surface area contributed by atoms with Gasteiger partial charge in [-0.2, -0.15) is 0 Å². The average Bonchev–Trinajstić information content (AvgIpc) is 3.45. The lowest BCUT2D eigenvalue weighted by Crippen LogP contribution is -2.18. The molecule has 0 saturated heterocycles. The predicted octanol–water partition coefficient (Wildman–Crippen LogP) is 6.89. The zero-order valence-corrected chi connectivity index (χ0v) is 21.1. The summed E-state index contributed by atoms with van der Waals surface area (Å²) < 4.78 is 13.6. The number of amides is 1. The molecule has 174 valence electrons. The van der Waals surface area contributed by atoms with Gasteiger partial charge in [0.2, 0.25) is 0 Å². The molecule has 1 saturated carbocycles. The van der Waals surface area contributed by atoms with Crippen LogP contribution in [0.3, 0.4) is 0 Å². The topological polar surface area (TPSA) is 96.4 Å². The van der Waals surface area contributed by atoms with Gasteiger partial charge in [-0.15, -0.1) is 22.7 Å². The Morgan fingerprint density at radius 3 is 2.48 bits per heavy atom. The van der Waals surface area contributed by atoms with Gasteiger partial charge in [0, 0.05) is 27.8 Å². The largest absolute Gasteiger partial charge is 0.477 e. The summed E-state index contributed by atoms with van der Waals surface area (Å²) in [4.78, 5) is 29.2. The third-order valence-electron chi connectivity index (χ3n) is 6.34. The SMILES string of the molecule is CC1CCC(P(C)(=O)Cc2cc(-c3ccc(NC(=O)c4cscn4)cc3)sc2C(=O)O)CC1. The summed E-state index contributed by atoms with van der Waals surface area (Å²) in [5.41, 5.74) is 4.31. The average molecular weight is 503 g/mol. The molecule has 0 bridgehead atoms. The van der Waals surface area contributed by atoms with Crippen LogP contribution in [-0.4, -0.2) is 34.3 Å². The molecule has 1 unspecified atom stereocenters. The van der Waals surface area contributed by atoms with Crippen molar-refractivity contribution in [1.29, 1.82) is 0 Å². The number of rotatable bonds is 7. The minimum absolute atomic E-state index is 0.180. The molecule has 0 radical (unpaired) electrons. The Bertz CT molecular complexity index is 1180. The lowest BCUT2D eigenvalue weighted by Gasteiger charge is -2.31. The number of nitrogens with zero attached hydrogens (tertiary/aromatic N) is 1. The van der Waals surface area contributed by atoms with Crippen molar-refractivity contribution in [3.05, 3.63) is 57.4 Å². The molecule has 0 spiro atoms. The first kappa shape index (κ1) is 23.9. The Morgan fingerprint density at radius 1 is 1.18 bits per heavy atom. The number of benzene rings is 1. The van der Waals surface area contributed by atoms with Crippen LogP contribution >= 0.6 is 29.8 Å². The number of aromatic carboxylic acids is 1. The number of thiazole rings is 1. The van der Waals surface area contributed by atoms with Crippen LogP contribution in [0.15, 0.2) is 41.2 Å². The third-order valence-corrected chi connectivity index (χ3v) is 11.2. The highest BCUT2D eigenvalue weighted by molar-refractivity contribution is 7.63. The molecule has 1 fully saturated rings. The van der Waals surface area contributed by atoms with Crippen LogP contribution in [-0.2, 0) is 10.7 Å². The van der Waals surface area contributed by atoms with E-state index in [0.29, 0.717) is 29.0 Å². The van der Waals surface area contributed by atoms with E-state index >= 15 is 0 Å². The Hall–Kier alpha value is -2.28. The monoisotopic (exact) mass is 502 g/mol. The number of carboxylic acids is 1. The number of carbonyl (C=O) groups excluding carboxylic acids is 1. The predicted molar refractivity (Wildman–Crippen MR) is 135 cm³/mol. The van der Waals surface area contributed by atoms with Gasteiger partial charge in [0.1, 0.15) is 10.6 Å². The lowest BCUT2D eigenvalue weighted by molar-refractivity contribution is 0.0701. The van der Waals surface area contributed by atoms with Crippen molar-refractivity contribution < 1.29 is 19.3 Å². The molecule has 1 aliphatic rings. The second-order valence-corrected chi connectivity index (χ2v) is 14.1. The number of hydrogen-bond donors (Lipinski definition) is 2. The number of nitrogens with one attached hydrogen (secondary N) is 1. The molecule has 0 aliphatic heterocycles. The zero-order valence-electron chi connectivity index (χ0n) is 18.6. The molecule has 6 nitrogen and oxygen atoms in total. The summed E-state index contributed by atoms with van der Waals surface area (Å²) in [6.45, 7) is 4.08. The van der Waals surface area contributed by atoms with Crippen LogP contribution < -0.4 is 5.32 Å². The van der Waals surface area contributed by atoms with Crippen LogP contribution in [0.25, 0.3) is 10.4 Å². The molecule has 4 rings (SSSR count). The Kier molecular flexibility index (Phi) is 7.17. The molecule has 9 heteroatoms. The van der Waals surface area contributed by atoms with E-state index in [1.807, 2.05) is 24.9 Å². The van der Waals surface area contributed by atoms with E-state index in [0.717, 1.165) is 36.1 Å². The summed E-state index contributed by atoms with van der Waals surface area (Å²) >= 11 is 2.57. The smallest absolute Gasteiger partial charge is 0.346 e. The van der Waals surface area contributed by atoms with E-state index in [9.17, 15) is 19.3 Å². The van der Waals surface area contributed by atoms with E-state index in [2.05, 4.69) is 17.2 Å². The van der Waals surface area contributed by atoms with E-state index < -0.39 is 13.1 Å². The van der Waals surface area contributed by atoms with Crippen LogP contribution in [0, 0.1) is 5.92 Å². The summed E-state index contributed by atoms with van der Waals surface area (Å²) in [5.74, 6) is -0.574. The maximum atomic E-state index is 13.6. The number of carbonyl (C=O) groups is 2. The summed E-state index contributed by atoms with van der Waals surface area (Å²) in [6.07, 6.45) is 4.43. The Labute approximate surface area is 201 Å². The van der Waals surface area contributed by atoms with Crippen molar-refractivity contribution in [2.24, 2.45) is 5.92 Å². The van der Waals surface area contributed by atoms with Gasteiger partial charge in [-0.25, -0.2) is 9.78 Å². The second kappa shape index (κ2) is 9.92. The first-order valence-corrected chi connectivity index (χ1v) is 15.1. The van der Waals surface area contributed by atoms with Crippen molar-refractivity contribution in [1.82, 2.24) is 4.98 Å². The van der Waals surface area contributed by atoms with Crippen molar-refractivity contribution >= 4 is 47.4 Å². The number of carboxylic acid groups (broad SMARTS) is 1. The van der Waals surface area contributed by atoms with Gasteiger partial charge in [0.05, 0.1) is 12.7 Å². The molecule has 1 atom stereocenters. The molecule has 2 aromatic heterocycles. The third kappa shape index (κ3) is 5.62. The van der Waals surface area contributed by atoms with Crippen LogP contribution in [0.1, 0.15) is 58.3 Å². The van der Waals surface area contributed by atoms with Gasteiger partial charge < -0.3 is 15.0 Å². The highest BCUT2D eigenvalue weighted by Gasteiger charge is 2.33.